The van der Waals surface area contributed by atoms with E-state index in [1.807, 2.05) is 20.8 Å². The molecule has 20 heavy (non-hydrogen) atoms. The number of carbonyl (C=O) groups is 1. The van der Waals surface area contributed by atoms with Gasteiger partial charge in [-0.25, -0.2) is 4.79 Å². The van der Waals surface area contributed by atoms with Crippen LogP contribution >= 0.6 is 0 Å². The molecule has 0 radical (unpaired) electrons. The summed E-state index contributed by atoms with van der Waals surface area (Å²) in [4.78, 5) is 16.2. The van der Waals surface area contributed by atoms with Crippen LogP contribution in [-0.4, -0.2) is 65.9 Å². The molecule has 0 atom stereocenters. The molecule has 1 heterocycles. The van der Waals surface area contributed by atoms with Crippen molar-refractivity contribution >= 4 is 6.09 Å². The summed E-state index contributed by atoms with van der Waals surface area (Å²) in [6.07, 6.45) is 2.12. The second-order valence-electron chi connectivity index (χ2n) is 7.15. The molecule has 5 nitrogen and oxygen atoms in total. The van der Waals surface area contributed by atoms with Gasteiger partial charge in [-0.05, 0) is 45.4 Å². The Morgan fingerprint density at radius 1 is 1.15 bits per heavy atom. The molecule has 1 aliphatic heterocycles. The lowest BCUT2D eigenvalue weighted by molar-refractivity contribution is 0.00883. The SMILES string of the molecule is CC(C)(C)OC(=O)N1CCN(C[C@H]2C[C@H](CO)C2)CC1. The maximum Gasteiger partial charge on any atom is 0.410 e. The summed E-state index contributed by atoms with van der Waals surface area (Å²) in [5, 5.41) is 9.03. The van der Waals surface area contributed by atoms with Crippen LogP contribution in [0.2, 0.25) is 0 Å². The van der Waals surface area contributed by atoms with E-state index in [2.05, 4.69) is 4.90 Å². The van der Waals surface area contributed by atoms with E-state index in [0.29, 0.717) is 12.5 Å². The highest BCUT2D eigenvalue weighted by Crippen LogP contribution is 2.33. The molecule has 1 saturated carbocycles. The van der Waals surface area contributed by atoms with Gasteiger partial charge in [-0.2, -0.15) is 0 Å². The van der Waals surface area contributed by atoms with Crippen LogP contribution in [0.3, 0.4) is 0 Å². The number of amides is 1. The molecule has 1 amide bonds. The lowest BCUT2D eigenvalue weighted by Gasteiger charge is -2.41. The normalized spacial score (nSPS) is 28.1. The first-order valence-electron chi connectivity index (χ1n) is 7.68. The third kappa shape index (κ3) is 4.35. The summed E-state index contributed by atoms with van der Waals surface area (Å²) in [7, 11) is 0. The number of nitrogens with zero attached hydrogens (tertiary/aromatic N) is 2. The zero-order valence-corrected chi connectivity index (χ0v) is 13.0. The third-order valence-corrected chi connectivity index (χ3v) is 4.13. The summed E-state index contributed by atoms with van der Waals surface area (Å²) in [5.41, 5.74) is -0.417. The van der Waals surface area contributed by atoms with Gasteiger partial charge in [0.15, 0.2) is 0 Å². The van der Waals surface area contributed by atoms with Crippen molar-refractivity contribution in [3.05, 3.63) is 0 Å². The van der Waals surface area contributed by atoms with E-state index in [4.69, 9.17) is 9.84 Å². The minimum Gasteiger partial charge on any atom is -0.444 e. The fraction of sp³-hybridized carbons (Fsp3) is 0.933. The molecule has 1 aliphatic carbocycles. The highest BCUT2D eigenvalue weighted by molar-refractivity contribution is 5.68. The molecule has 0 aromatic rings. The Morgan fingerprint density at radius 2 is 1.75 bits per heavy atom. The van der Waals surface area contributed by atoms with E-state index >= 15 is 0 Å². The van der Waals surface area contributed by atoms with Crippen LogP contribution in [0.4, 0.5) is 4.79 Å². The number of aliphatic hydroxyl groups is 1. The van der Waals surface area contributed by atoms with Crippen LogP contribution in [-0.2, 0) is 4.74 Å². The van der Waals surface area contributed by atoms with E-state index < -0.39 is 5.60 Å². The summed E-state index contributed by atoms with van der Waals surface area (Å²) in [6.45, 7) is 10.5. The highest BCUT2D eigenvalue weighted by atomic mass is 16.6. The van der Waals surface area contributed by atoms with E-state index in [-0.39, 0.29) is 6.09 Å². The second kappa shape index (κ2) is 6.31. The van der Waals surface area contributed by atoms with E-state index in [0.717, 1.165) is 51.5 Å². The number of hydrogen-bond donors (Lipinski definition) is 1. The van der Waals surface area contributed by atoms with Crippen molar-refractivity contribution in [1.29, 1.82) is 0 Å². The number of piperazine rings is 1. The Morgan fingerprint density at radius 3 is 2.25 bits per heavy atom. The molecule has 1 N–H and O–H groups in total. The Labute approximate surface area is 121 Å². The van der Waals surface area contributed by atoms with Crippen LogP contribution in [0.15, 0.2) is 0 Å². The largest absolute Gasteiger partial charge is 0.444 e. The van der Waals surface area contributed by atoms with E-state index in [1.54, 1.807) is 4.90 Å². The van der Waals surface area contributed by atoms with Gasteiger partial charge in [-0.15, -0.1) is 0 Å². The van der Waals surface area contributed by atoms with Gasteiger partial charge in [0.25, 0.3) is 0 Å². The molecular weight excluding hydrogens is 256 g/mol. The van der Waals surface area contributed by atoms with Crippen molar-refractivity contribution in [2.24, 2.45) is 11.8 Å². The van der Waals surface area contributed by atoms with Crippen LogP contribution in [0.25, 0.3) is 0 Å². The average molecular weight is 284 g/mol. The van der Waals surface area contributed by atoms with Gasteiger partial charge in [0.05, 0.1) is 0 Å². The third-order valence-electron chi connectivity index (χ3n) is 4.13. The van der Waals surface area contributed by atoms with Crippen molar-refractivity contribution in [3.63, 3.8) is 0 Å². The molecule has 5 heteroatoms. The monoisotopic (exact) mass is 284 g/mol. The predicted octanol–water partition coefficient (Wildman–Crippen LogP) is 1.56. The molecule has 0 unspecified atom stereocenters. The number of carbonyl (C=O) groups excluding carboxylic acids is 1. The Balaban J connectivity index is 1.66. The first-order chi connectivity index (χ1) is 9.37. The lowest BCUT2D eigenvalue weighted by atomic mass is 9.75. The fourth-order valence-corrected chi connectivity index (χ4v) is 2.98. The maximum atomic E-state index is 11.9. The van der Waals surface area contributed by atoms with E-state index in [1.165, 1.54) is 0 Å². The zero-order chi connectivity index (χ0) is 14.8. The number of ether oxygens (including phenoxy) is 1. The first kappa shape index (κ1) is 15.6. The second-order valence-corrected chi connectivity index (χ2v) is 7.15. The number of aliphatic hydroxyl groups excluding tert-OH is 1. The quantitative estimate of drug-likeness (QED) is 0.854. The van der Waals surface area contributed by atoms with Crippen molar-refractivity contribution in [2.75, 3.05) is 39.3 Å². The summed E-state index contributed by atoms with van der Waals surface area (Å²) in [6, 6.07) is 0. The molecule has 2 rings (SSSR count). The van der Waals surface area contributed by atoms with Crippen LogP contribution < -0.4 is 0 Å². The van der Waals surface area contributed by atoms with Gasteiger partial charge < -0.3 is 14.7 Å². The van der Waals surface area contributed by atoms with Gasteiger partial charge in [0.2, 0.25) is 0 Å². The highest BCUT2D eigenvalue weighted by Gasteiger charge is 2.31. The van der Waals surface area contributed by atoms with Crippen molar-refractivity contribution in [1.82, 2.24) is 9.80 Å². The van der Waals surface area contributed by atoms with Crippen LogP contribution in [0, 0.1) is 11.8 Å². The fourth-order valence-electron chi connectivity index (χ4n) is 2.98. The predicted molar refractivity (Wildman–Crippen MR) is 77.5 cm³/mol. The van der Waals surface area contributed by atoms with Gasteiger partial charge >= 0.3 is 6.09 Å². The molecule has 0 aromatic carbocycles. The Hall–Kier alpha value is -0.810. The minimum absolute atomic E-state index is 0.193. The summed E-state index contributed by atoms with van der Waals surface area (Å²) in [5.74, 6) is 1.27. The van der Waals surface area contributed by atoms with Gasteiger partial charge in [-0.3, -0.25) is 4.90 Å². The Kier molecular flexibility index (Phi) is 4.91. The van der Waals surface area contributed by atoms with Crippen LogP contribution in [0.1, 0.15) is 33.6 Å². The Bertz CT molecular complexity index is 327. The lowest BCUT2D eigenvalue weighted by Crippen LogP contribution is -2.51. The maximum absolute atomic E-state index is 11.9. The average Bonchev–Trinajstić information content (AvgIpc) is 2.31. The molecule has 0 spiro atoms. The minimum atomic E-state index is -0.417. The molecule has 2 fully saturated rings. The van der Waals surface area contributed by atoms with Gasteiger partial charge in [0, 0.05) is 39.3 Å². The topological polar surface area (TPSA) is 53.0 Å². The van der Waals surface area contributed by atoms with E-state index in [9.17, 15) is 4.79 Å². The smallest absolute Gasteiger partial charge is 0.410 e. The summed E-state index contributed by atoms with van der Waals surface area (Å²) >= 11 is 0. The number of rotatable bonds is 3. The zero-order valence-electron chi connectivity index (χ0n) is 13.0. The van der Waals surface area contributed by atoms with Crippen molar-refractivity contribution < 1.29 is 14.6 Å². The number of hydrogen-bond acceptors (Lipinski definition) is 4. The molecule has 116 valence electrons. The molecule has 1 saturated heterocycles. The molecule has 0 aromatic heterocycles. The van der Waals surface area contributed by atoms with Crippen molar-refractivity contribution in [3.8, 4) is 0 Å². The summed E-state index contributed by atoms with van der Waals surface area (Å²) < 4.78 is 5.40. The first-order valence-corrected chi connectivity index (χ1v) is 7.68. The van der Waals surface area contributed by atoms with Gasteiger partial charge in [0.1, 0.15) is 5.60 Å². The standard InChI is InChI=1S/C15H28N2O3/c1-15(2,3)20-14(19)17-6-4-16(5-7-17)10-12-8-13(9-12)11-18/h12-13,18H,4-11H2,1-3H3/t12-,13-. The molecule has 2 aliphatic rings. The van der Waals surface area contributed by atoms with Crippen molar-refractivity contribution in [2.45, 2.75) is 39.2 Å². The molecular formula is C15H28N2O3. The van der Waals surface area contributed by atoms with Gasteiger partial charge in [-0.1, -0.05) is 0 Å². The molecule has 0 bridgehead atoms. The van der Waals surface area contributed by atoms with Crippen LogP contribution in [0.5, 0.6) is 0 Å².